The largest absolute Gasteiger partial charge is 0.291 e. The van der Waals surface area contributed by atoms with Crippen LogP contribution in [-0.2, 0) is 4.79 Å². The van der Waals surface area contributed by atoms with Gasteiger partial charge in [0.15, 0.2) is 5.78 Å². The molecule has 0 unspecified atom stereocenters. The number of carbonyl (C=O) groups is 1. The monoisotopic (exact) mass is 178 g/mol. The summed E-state index contributed by atoms with van der Waals surface area (Å²) >= 11 is 11.3. The zero-order chi connectivity index (χ0) is 7.94. The van der Waals surface area contributed by atoms with Crippen molar-refractivity contribution in [2.45, 2.75) is 24.6 Å². The van der Waals surface area contributed by atoms with Crippen LogP contribution in [0.4, 0.5) is 0 Å². The van der Waals surface area contributed by atoms with E-state index in [1.54, 1.807) is 6.92 Å². The zero-order valence-electron chi connectivity index (χ0n) is 5.87. The number of halogens is 2. The molecule has 0 aromatic heterocycles. The van der Waals surface area contributed by atoms with Gasteiger partial charge in [-0.25, -0.2) is 0 Å². The molecule has 0 N–H and O–H groups in total. The molecule has 0 spiro atoms. The van der Waals surface area contributed by atoms with E-state index in [1.165, 1.54) is 0 Å². The van der Waals surface area contributed by atoms with Crippen molar-refractivity contribution >= 4 is 29.0 Å². The lowest BCUT2D eigenvalue weighted by molar-refractivity contribution is -0.117. The second-order valence-electron chi connectivity index (χ2n) is 2.36. The Bertz CT molecular complexity index is 216. The van der Waals surface area contributed by atoms with E-state index in [0.717, 1.165) is 17.6 Å². The molecule has 0 aliphatic heterocycles. The summed E-state index contributed by atoms with van der Waals surface area (Å²) in [6.07, 6.45) is 0.755. The topological polar surface area (TPSA) is 17.1 Å². The molecule has 0 atom stereocenters. The summed E-state index contributed by atoms with van der Waals surface area (Å²) < 4.78 is -1.20. The fraction of sp³-hybridized carbons (Fsp3) is 0.571. The van der Waals surface area contributed by atoms with Crippen LogP contribution in [0.15, 0.2) is 11.1 Å². The first-order chi connectivity index (χ1) is 4.51. The molecule has 0 heterocycles. The zero-order valence-corrected chi connectivity index (χ0v) is 7.38. The fourth-order valence-electron chi connectivity index (χ4n) is 1.17. The summed E-state index contributed by atoms with van der Waals surface area (Å²) in [5.74, 6) is -0.146. The van der Waals surface area contributed by atoms with Crippen molar-refractivity contribution < 1.29 is 4.79 Å². The quantitative estimate of drug-likeness (QED) is 0.565. The van der Waals surface area contributed by atoms with Gasteiger partial charge in [0, 0.05) is 0 Å². The van der Waals surface area contributed by atoms with Crippen LogP contribution >= 0.6 is 23.2 Å². The first-order valence-electron chi connectivity index (χ1n) is 3.14. The molecule has 0 radical (unpaired) electrons. The molecule has 10 heavy (non-hydrogen) atoms. The Hall–Kier alpha value is -0.0100. The van der Waals surface area contributed by atoms with Gasteiger partial charge in [0.1, 0.15) is 0 Å². The molecule has 0 saturated carbocycles. The number of Topliss-reactive ketones (excluding diaryl/α,β-unsaturated/α-hetero) is 1. The van der Waals surface area contributed by atoms with Gasteiger partial charge in [0.25, 0.3) is 0 Å². The number of rotatable bonds is 1. The maximum absolute atomic E-state index is 10.9. The molecule has 0 amide bonds. The summed E-state index contributed by atoms with van der Waals surface area (Å²) in [6.45, 7) is 3.69. The lowest BCUT2D eigenvalue weighted by atomic mass is 9.85. The van der Waals surface area contributed by atoms with Gasteiger partial charge in [0.05, 0.1) is 0 Å². The standard InChI is InChI=1S/C7H8Cl2O/c1-3-5-4(2)6(10)7(5,8)9/h3H2,1-2H3. The van der Waals surface area contributed by atoms with Gasteiger partial charge in [-0.3, -0.25) is 4.79 Å². The van der Waals surface area contributed by atoms with Crippen molar-refractivity contribution in [3.63, 3.8) is 0 Å². The molecule has 0 fully saturated rings. The Kier molecular flexibility index (Phi) is 1.82. The van der Waals surface area contributed by atoms with E-state index in [9.17, 15) is 4.79 Å². The molecular weight excluding hydrogens is 171 g/mol. The molecule has 1 aliphatic carbocycles. The number of hydrogen-bond donors (Lipinski definition) is 0. The lowest BCUT2D eigenvalue weighted by Crippen LogP contribution is -2.40. The Morgan fingerprint density at radius 3 is 2.20 bits per heavy atom. The number of alkyl halides is 2. The summed E-state index contributed by atoms with van der Waals surface area (Å²) in [4.78, 5) is 10.9. The van der Waals surface area contributed by atoms with Crippen LogP contribution in [-0.4, -0.2) is 10.1 Å². The summed E-state index contributed by atoms with van der Waals surface area (Å²) in [6, 6.07) is 0. The van der Waals surface area contributed by atoms with Crippen LogP contribution in [0.5, 0.6) is 0 Å². The van der Waals surface area contributed by atoms with Crippen molar-refractivity contribution in [1.29, 1.82) is 0 Å². The van der Waals surface area contributed by atoms with Gasteiger partial charge in [-0.1, -0.05) is 30.1 Å². The second-order valence-corrected chi connectivity index (χ2v) is 3.69. The molecular formula is C7H8Cl2O. The van der Waals surface area contributed by atoms with Crippen LogP contribution in [0.3, 0.4) is 0 Å². The molecule has 1 rings (SSSR count). The molecule has 56 valence electrons. The normalized spacial score (nSPS) is 23.0. The molecule has 3 heteroatoms. The highest BCUT2D eigenvalue weighted by molar-refractivity contribution is 6.64. The predicted octanol–water partition coefficient (Wildman–Crippen LogP) is 2.47. The lowest BCUT2D eigenvalue weighted by Gasteiger charge is -2.32. The van der Waals surface area contributed by atoms with E-state index in [0.29, 0.717) is 0 Å². The maximum atomic E-state index is 10.9. The molecule has 0 aromatic carbocycles. The van der Waals surface area contributed by atoms with Crippen LogP contribution in [0.25, 0.3) is 0 Å². The Labute approximate surface area is 70.0 Å². The van der Waals surface area contributed by atoms with Gasteiger partial charge in [-0.15, -0.1) is 0 Å². The van der Waals surface area contributed by atoms with Crippen molar-refractivity contribution in [1.82, 2.24) is 0 Å². The highest BCUT2D eigenvalue weighted by Gasteiger charge is 2.47. The van der Waals surface area contributed by atoms with E-state index in [2.05, 4.69) is 0 Å². The average Bonchev–Trinajstić information content (AvgIpc) is 1.88. The first kappa shape index (κ1) is 8.09. The van der Waals surface area contributed by atoms with Crippen LogP contribution < -0.4 is 0 Å². The Balaban J connectivity index is 3.01. The maximum Gasteiger partial charge on any atom is 0.201 e. The summed E-state index contributed by atoms with van der Waals surface area (Å²) in [5, 5.41) is 0. The van der Waals surface area contributed by atoms with E-state index in [4.69, 9.17) is 23.2 Å². The SMILES string of the molecule is CCC1=C(C)C(=O)C1(Cl)Cl. The Morgan fingerprint density at radius 1 is 1.50 bits per heavy atom. The summed E-state index contributed by atoms with van der Waals surface area (Å²) in [5.41, 5.74) is 1.59. The number of hydrogen-bond acceptors (Lipinski definition) is 1. The van der Waals surface area contributed by atoms with Crippen molar-refractivity contribution in [2.75, 3.05) is 0 Å². The summed E-state index contributed by atoms with van der Waals surface area (Å²) in [7, 11) is 0. The molecule has 0 bridgehead atoms. The first-order valence-corrected chi connectivity index (χ1v) is 3.90. The number of allylic oxidation sites excluding steroid dienone is 2. The van der Waals surface area contributed by atoms with Crippen LogP contribution in [0.2, 0.25) is 0 Å². The van der Waals surface area contributed by atoms with Crippen LogP contribution in [0, 0.1) is 0 Å². The molecule has 1 nitrogen and oxygen atoms in total. The highest BCUT2D eigenvalue weighted by atomic mass is 35.5. The minimum absolute atomic E-state index is 0.146. The van der Waals surface area contributed by atoms with Gasteiger partial charge in [0.2, 0.25) is 4.33 Å². The third-order valence-corrected chi connectivity index (χ3v) is 2.61. The molecule has 1 aliphatic rings. The van der Waals surface area contributed by atoms with Crippen molar-refractivity contribution in [2.24, 2.45) is 0 Å². The second kappa shape index (κ2) is 2.24. The minimum Gasteiger partial charge on any atom is -0.291 e. The van der Waals surface area contributed by atoms with E-state index in [-0.39, 0.29) is 5.78 Å². The molecule has 0 saturated heterocycles. The number of carbonyl (C=O) groups excluding carboxylic acids is 1. The van der Waals surface area contributed by atoms with Gasteiger partial charge >= 0.3 is 0 Å². The smallest absolute Gasteiger partial charge is 0.201 e. The van der Waals surface area contributed by atoms with Crippen LogP contribution in [0.1, 0.15) is 20.3 Å². The predicted molar refractivity (Wildman–Crippen MR) is 42.4 cm³/mol. The van der Waals surface area contributed by atoms with Gasteiger partial charge in [-0.2, -0.15) is 0 Å². The van der Waals surface area contributed by atoms with E-state index < -0.39 is 4.33 Å². The third-order valence-electron chi connectivity index (χ3n) is 1.81. The molecule has 0 aromatic rings. The minimum atomic E-state index is -1.20. The third kappa shape index (κ3) is 0.807. The fourth-order valence-corrected chi connectivity index (χ4v) is 2.00. The van der Waals surface area contributed by atoms with Gasteiger partial charge in [-0.05, 0) is 24.5 Å². The van der Waals surface area contributed by atoms with E-state index in [1.807, 2.05) is 6.92 Å². The average molecular weight is 179 g/mol. The highest BCUT2D eigenvalue weighted by Crippen LogP contribution is 2.45. The Morgan fingerprint density at radius 2 is 2.00 bits per heavy atom. The number of ketones is 1. The van der Waals surface area contributed by atoms with Crippen molar-refractivity contribution in [3.05, 3.63) is 11.1 Å². The van der Waals surface area contributed by atoms with E-state index >= 15 is 0 Å². The van der Waals surface area contributed by atoms with Gasteiger partial charge < -0.3 is 0 Å². The van der Waals surface area contributed by atoms with Crippen molar-refractivity contribution in [3.8, 4) is 0 Å².